The first-order valence-corrected chi connectivity index (χ1v) is 12.0. The fraction of sp³-hybridized carbons (Fsp3) is 0.286. The fourth-order valence-corrected chi connectivity index (χ4v) is 4.45. The molecule has 0 aliphatic carbocycles. The monoisotopic (exact) mass is 472 g/mol. The molecule has 1 aliphatic rings. The lowest BCUT2D eigenvalue weighted by molar-refractivity contribution is -0.136. The van der Waals surface area contributed by atoms with Gasteiger partial charge in [0.2, 0.25) is 11.8 Å². The standard InChI is InChI=1S/C28H32N4O3/c1-35-21-10-6-9-20(19-21)22-11-2-4-13-24(22)31-28(34)26-15-8-18-32(26)27(33)16-7-17-30-25-14-5-3-12-23(25)29/h2-6,9-14,19,26,30H,7-8,15-18,29H2,1H3,(H,31,34)/t26-/m0/s1. The van der Waals surface area contributed by atoms with Gasteiger partial charge in [0, 0.05) is 30.8 Å². The van der Waals surface area contributed by atoms with E-state index in [-0.39, 0.29) is 11.8 Å². The van der Waals surface area contributed by atoms with Crippen LogP contribution in [0.3, 0.4) is 0 Å². The number of nitrogens with two attached hydrogens (primary N) is 1. The smallest absolute Gasteiger partial charge is 0.247 e. The van der Waals surface area contributed by atoms with Crippen molar-refractivity contribution in [1.82, 2.24) is 4.90 Å². The van der Waals surface area contributed by atoms with Crippen LogP contribution in [0.4, 0.5) is 17.1 Å². The topological polar surface area (TPSA) is 96.7 Å². The second-order valence-electron chi connectivity index (χ2n) is 8.63. The summed E-state index contributed by atoms with van der Waals surface area (Å²) >= 11 is 0. The van der Waals surface area contributed by atoms with Gasteiger partial charge in [-0.1, -0.05) is 42.5 Å². The highest BCUT2D eigenvalue weighted by atomic mass is 16.5. The molecule has 0 saturated carbocycles. The number of benzene rings is 3. The maximum atomic E-state index is 13.2. The third-order valence-electron chi connectivity index (χ3n) is 6.29. The molecule has 7 nitrogen and oxygen atoms in total. The Morgan fingerprint density at radius 1 is 1.03 bits per heavy atom. The highest BCUT2D eigenvalue weighted by Gasteiger charge is 2.33. The summed E-state index contributed by atoms with van der Waals surface area (Å²) in [5, 5.41) is 6.34. The summed E-state index contributed by atoms with van der Waals surface area (Å²) in [5.41, 5.74) is 10.1. The minimum Gasteiger partial charge on any atom is -0.497 e. The van der Waals surface area contributed by atoms with E-state index in [1.165, 1.54) is 0 Å². The fourth-order valence-electron chi connectivity index (χ4n) is 4.45. The van der Waals surface area contributed by atoms with E-state index in [1.807, 2.05) is 72.8 Å². The van der Waals surface area contributed by atoms with Crippen molar-refractivity contribution < 1.29 is 14.3 Å². The van der Waals surface area contributed by atoms with Crippen molar-refractivity contribution in [3.8, 4) is 16.9 Å². The van der Waals surface area contributed by atoms with Gasteiger partial charge >= 0.3 is 0 Å². The number of ether oxygens (including phenoxy) is 1. The first kappa shape index (κ1) is 24.1. The number of para-hydroxylation sites is 3. The van der Waals surface area contributed by atoms with Crippen LogP contribution < -0.4 is 21.1 Å². The second-order valence-corrected chi connectivity index (χ2v) is 8.63. The number of rotatable bonds is 9. The molecule has 3 aromatic rings. The number of likely N-dealkylation sites (tertiary alicyclic amines) is 1. The molecular formula is C28H32N4O3. The molecule has 4 N–H and O–H groups in total. The van der Waals surface area contributed by atoms with Crippen LogP contribution in [-0.2, 0) is 9.59 Å². The van der Waals surface area contributed by atoms with Crippen LogP contribution >= 0.6 is 0 Å². The molecule has 0 unspecified atom stereocenters. The van der Waals surface area contributed by atoms with E-state index in [4.69, 9.17) is 10.5 Å². The Hall–Kier alpha value is -4.00. The zero-order chi connectivity index (χ0) is 24.6. The third-order valence-corrected chi connectivity index (χ3v) is 6.29. The molecular weight excluding hydrogens is 440 g/mol. The summed E-state index contributed by atoms with van der Waals surface area (Å²) in [5.74, 6) is 0.605. The second kappa shape index (κ2) is 11.4. The number of nitrogens with zero attached hydrogens (tertiary/aromatic N) is 1. The van der Waals surface area contributed by atoms with Crippen LogP contribution in [0.25, 0.3) is 11.1 Å². The summed E-state index contributed by atoms with van der Waals surface area (Å²) in [6.45, 7) is 1.24. The van der Waals surface area contributed by atoms with Crippen molar-refractivity contribution in [3.63, 3.8) is 0 Å². The highest BCUT2D eigenvalue weighted by molar-refractivity contribution is 6.00. The molecule has 1 heterocycles. The van der Waals surface area contributed by atoms with Gasteiger partial charge in [-0.3, -0.25) is 9.59 Å². The largest absolute Gasteiger partial charge is 0.497 e. The Morgan fingerprint density at radius 3 is 2.60 bits per heavy atom. The van der Waals surface area contributed by atoms with Gasteiger partial charge in [-0.15, -0.1) is 0 Å². The molecule has 1 atom stereocenters. The summed E-state index contributed by atoms with van der Waals surface area (Å²) in [6.07, 6.45) is 2.53. The van der Waals surface area contributed by atoms with Crippen LogP contribution in [0.1, 0.15) is 25.7 Å². The van der Waals surface area contributed by atoms with Gasteiger partial charge in [0.15, 0.2) is 0 Å². The Balaban J connectivity index is 1.36. The average molecular weight is 473 g/mol. The molecule has 0 aromatic heterocycles. The number of hydrogen-bond donors (Lipinski definition) is 3. The van der Waals surface area contributed by atoms with Gasteiger partial charge in [0.25, 0.3) is 0 Å². The number of amides is 2. The number of hydrogen-bond acceptors (Lipinski definition) is 5. The molecule has 35 heavy (non-hydrogen) atoms. The van der Waals surface area contributed by atoms with Gasteiger partial charge < -0.3 is 26.0 Å². The van der Waals surface area contributed by atoms with E-state index in [0.29, 0.717) is 38.0 Å². The zero-order valence-corrected chi connectivity index (χ0v) is 20.0. The molecule has 2 amide bonds. The van der Waals surface area contributed by atoms with E-state index < -0.39 is 6.04 Å². The third kappa shape index (κ3) is 5.93. The Morgan fingerprint density at radius 2 is 1.80 bits per heavy atom. The highest BCUT2D eigenvalue weighted by Crippen LogP contribution is 2.31. The molecule has 3 aromatic carbocycles. The predicted octanol–water partition coefficient (Wildman–Crippen LogP) is 4.77. The van der Waals surface area contributed by atoms with Crippen molar-refractivity contribution >= 4 is 28.9 Å². The number of nitrogens with one attached hydrogen (secondary N) is 2. The number of methoxy groups -OCH3 is 1. The van der Waals surface area contributed by atoms with E-state index in [2.05, 4.69) is 10.6 Å². The molecule has 0 radical (unpaired) electrons. The molecule has 1 aliphatic heterocycles. The maximum absolute atomic E-state index is 13.2. The first-order valence-electron chi connectivity index (χ1n) is 12.0. The van der Waals surface area contributed by atoms with Crippen LogP contribution in [0, 0.1) is 0 Å². The Bertz CT molecular complexity index is 1180. The maximum Gasteiger partial charge on any atom is 0.247 e. The predicted molar refractivity (Wildman–Crippen MR) is 140 cm³/mol. The lowest BCUT2D eigenvalue weighted by Gasteiger charge is -2.24. The minimum atomic E-state index is -0.460. The molecule has 7 heteroatoms. The Kier molecular flexibility index (Phi) is 7.88. The van der Waals surface area contributed by atoms with Crippen molar-refractivity contribution in [1.29, 1.82) is 0 Å². The SMILES string of the molecule is COc1cccc(-c2ccccc2NC(=O)[C@@H]2CCCN2C(=O)CCCNc2ccccc2N)c1. The zero-order valence-electron chi connectivity index (χ0n) is 20.0. The van der Waals surface area contributed by atoms with Crippen LogP contribution in [0.2, 0.25) is 0 Å². The van der Waals surface area contributed by atoms with Gasteiger partial charge in [-0.25, -0.2) is 0 Å². The summed E-state index contributed by atoms with van der Waals surface area (Å²) < 4.78 is 5.35. The number of carbonyl (C=O) groups is 2. The van der Waals surface area contributed by atoms with Gasteiger partial charge in [-0.05, 0) is 55.2 Å². The summed E-state index contributed by atoms with van der Waals surface area (Å²) in [4.78, 5) is 27.9. The summed E-state index contributed by atoms with van der Waals surface area (Å²) in [6, 6.07) is 22.5. The molecule has 0 spiro atoms. The van der Waals surface area contributed by atoms with Crippen molar-refractivity contribution in [2.24, 2.45) is 0 Å². The van der Waals surface area contributed by atoms with E-state index in [1.54, 1.807) is 12.0 Å². The Labute approximate surface area is 206 Å². The lowest BCUT2D eigenvalue weighted by atomic mass is 10.0. The molecule has 1 fully saturated rings. The first-order chi connectivity index (χ1) is 17.1. The van der Waals surface area contributed by atoms with Gasteiger partial charge in [0.05, 0.1) is 18.5 Å². The quantitative estimate of drug-likeness (QED) is 0.308. The summed E-state index contributed by atoms with van der Waals surface area (Å²) in [7, 11) is 1.63. The van der Waals surface area contributed by atoms with Crippen molar-refractivity contribution in [3.05, 3.63) is 72.8 Å². The van der Waals surface area contributed by atoms with Gasteiger partial charge in [0.1, 0.15) is 11.8 Å². The average Bonchev–Trinajstić information content (AvgIpc) is 3.38. The number of anilines is 3. The van der Waals surface area contributed by atoms with Crippen LogP contribution in [0.15, 0.2) is 72.8 Å². The molecule has 1 saturated heterocycles. The van der Waals surface area contributed by atoms with E-state index in [9.17, 15) is 9.59 Å². The number of nitrogen functional groups attached to an aromatic ring is 1. The van der Waals surface area contributed by atoms with Crippen LogP contribution in [0.5, 0.6) is 5.75 Å². The van der Waals surface area contributed by atoms with Crippen molar-refractivity contribution in [2.45, 2.75) is 31.7 Å². The molecule has 0 bridgehead atoms. The molecule has 4 rings (SSSR count). The van der Waals surface area contributed by atoms with E-state index in [0.717, 1.165) is 34.7 Å². The van der Waals surface area contributed by atoms with Gasteiger partial charge in [-0.2, -0.15) is 0 Å². The lowest BCUT2D eigenvalue weighted by Crippen LogP contribution is -2.43. The van der Waals surface area contributed by atoms with Crippen molar-refractivity contribution in [2.75, 3.05) is 36.6 Å². The normalized spacial score (nSPS) is 15.0. The molecule has 182 valence electrons. The minimum absolute atomic E-state index is 0.00608. The number of carbonyl (C=O) groups excluding carboxylic acids is 2. The van der Waals surface area contributed by atoms with E-state index >= 15 is 0 Å². The van der Waals surface area contributed by atoms with Crippen LogP contribution in [-0.4, -0.2) is 43.0 Å².